The third-order valence-corrected chi connectivity index (χ3v) is 7.43. The van der Waals surface area contributed by atoms with Crippen molar-refractivity contribution in [2.75, 3.05) is 13.1 Å². The molecule has 1 aromatic rings. The molecule has 1 heterocycles. The molecule has 1 aliphatic rings. The normalized spacial score (nSPS) is 16.4. The maximum absolute atomic E-state index is 13.4. The van der Waals surface area contributed by atoms with E-state index in [1.807, 2.05) is 0 Å². The molecule has 0 aliphatic carbocycles. The summed E-state index contributed by atoms with van der Waals surface area (Å²) in [6, 6.07) is 1.71. The van der Waals surface area contributed by atoms with E-state index in [0.717, 1.165) is 25.7 Å². The second kappa shape index (κ2) is 19.4. The molecule has 14 nitrogen and oxygen atoms in total. The second-order valence-corrected chi connectivity index (χ2v) is 11.0. The lowest BCUT2D eigenvalue weighted by Crippen LogP contribution is -2.47. The maximum atomic E-state index is 13.4. The molecule has 0 bridgehead atoms. The van der Waals surface area contributed by atoms with Crippen LogP contribution >= 0.6 is 0 Å². The number of rotatable bonds is 19. The van der Waals surface area contributed by atoms with Crippen molar-refractivity contribution in [3.8, 4) is 11.5 Å². The molecule has 0 saturated carbocycles. The number of hydroxylamine groups is 4. The van der Waals surface area contributed by atoms with Crippen LogP contribution in [-0.2, 0) is 23.9 Å². The summed E-state index contributed by atoms with van der Waals surface area (Å²) in [6.45, 7) is 2.26. The van der Waals surface area contributed by atoms with Gasteiger partial charge in [0.1, 0.15) is 18.2 Å². The van der Waals surface area contributed by atoms with Crippen LogP contribution in [0.1, 0.15) is 101 Å². The van der Waals surface area contributed by atoms with Gasteiger partial charge in [-0.25, -0.2) is 14.9 Å². The summed E-state index contributed by atoms with van der Waals surface area (Å²) in [7, 11) is 0. The minimum Gasteiger partial charge on any atom is -0.504 e. The van der Waals surface area contributed by atoms with E-state index in [9.17, 15) is 44.6 Å². The minimum atomic E-state index is -1.22. The van der Waals surface area contributed by atoms with Crippen LogP contribution in [0, 0.1) is 0 Å². The molecule has 0 unspecified atom stereocenters. The molecule has 1 saturated heterocycles. The highest BCUT2D eigenvalue weighted by Crippen LogP contribution is 2.28. The average Bonchev–Trinajstić information content (AvgIpc) is 3.15. The quantitative estimate of drug-likeness (QED) is 0.0332. The molecule has 0 aromatic heterocycles. The fraction of sp³-hybridized carbons (Fsp3) is 0.633. The standard InChI is InChI=1S/C30H46N4O10/c1-2-3-4-5-6-12-21(19-26(37)31-23-14-8-10-18-34(43)29(23)40)44-30(41)24(15-7-9-17-33(42)20-35)32-28(39)22-13-11-16-25(36)27(22)38/h11,13,16,20-21,23-24,36,38,42-43H,2-10,12,14-15,17-19H2,1H3,(H,31,37)(H,32,39)/t21-,23+,24+/m1/s1. The van der Waals surface area contributed by atoms with E-state index >= 15 is 0 Å². The first kappa shape index (κ1) is 36.3. The number of benzene rings is 1. The van der Waals surface area contributed by atoms with Crippen molar-refractivity contribution >= 4 is 30.1 Å². The van der Waals surface area contributed by atoms with Crippen molar-refractivity contribution in [1.29, 1.82) is 0 Å². The maximum Gasteiger partial charge on any atom is 0.328 e. The third kappa shape index (κ3) is 12.4. The van der Waals surface area contributed by atoms with Crippen molar-refractivity contribution in [2.45, 2.75) is 109 Å². The number of amides is 4. The molecule has 0 radical (unpaired) electrons. The van der Waals surface area contributed by atoms with Gasteiger partial charge >= 0.3 is 5.97 Å². The molecule has 0 spiro atoms. The van der Waals surface area contributed by atoms with E-state index in [4.69, 9.17) is 4.74 Å². The van der Waals surface area contributed by atoms with E-state index in [1.165, 1.54) is 18.2 Å². The highest BCUT2D eigenvalue weighted by molar-refractivity contribution is 5.99. The topological polar surface area (TPSA) is 206 Å². The van der Waals surface area contributed by atoms with E-state index in [0.29, 0.717) is 55.1 Å². The lowest BCUT2D eigenvalue weighted by atomic mass is 10.0. The number of para-hydroxylation sites is 1. The molecule has 246 valence electrons. The Morgan fingerprint density at radius 3 is 2.55 bits per heavy atom. The summed E-state index contributed by atoms with van der Waals surface area (Å²) in [5.41, 5.74) is -0.261. The number of unbranched alkanes of at least 4 members (excludes halogenated alkanes) is 5. The number of esters is 1. The first-order chi connectivity index (χ1) is 21.1. The Morgan fingerprint density at radius 2 is 1.82 bits per heavy atom. The van der Waals surface area contributed by atoms with Crippen LogP contribution in [0.2, 0.25) is 0 Å². The molecule has 1 aliphatic heterocycles. The van der Waals surface area contributed by atoms with Crippen molar-refractivity contribution in [3.63, 3.8) is 0 Å². The lowest BCUT2D eigenvalue weighted by molar-refractivity contribution is -0.167. The smallest absolute Gasteiger partial charge is 0.328 e. The number of carbonyl (C=O) groups excluding carboxylic acids is 5. The van der Waals surface area contributed by atoms with Crippen LogP contribution < -0.4 is 10.6 Å². The van der Waals surface area contributed by atoms with Crippen LogP contribution in [0.3, 0.4) is 0 Å². The Balaban J connectivity index is 2.15. The summed E-state index contributed by atoms with van der Waals surface area (Å²) in [5, 5.41) is 45.4. The number of phenols is 2. The predicted octanol–water partition coefficient (Wildman–Crippen LogP) is 2.76. The van der Waals surface area contributed by atoms with Gasteiger partial charge in [-0.1, -0.05) is 38.7 Å². The van der Waals surface area contributed by atoms with Crippen molar-refractivity contribution in [1.82, 2.24) is 20.8 Å². The van der Waals surface area contributed by atoms with Gasteiger partial charge in [0.2, 0.25) is 12.3 Å². The van der Waals surface area contributed by atoms with Gasteiger partial charge in [0.05, 0.1) is 12.0 Å². The van der Waals surface area contributed by atoms with Crippen LogP contribution in [0.5, 0.6) is 11.5 Å². The zero-order chi connectivity index (χ0) is 32.5. The van der Waals surface area contributed by atoms with Crippen LogP contribution in [0.25, 0.3) is 0 Å². The summed E-state index contributed by atoms with van der Waals surface area (Å²) >= 11 is 0. The van der Waals surface area contributed by atoms with E-state index in [2.05, 4.69) is 17.6 Å². The number of hydrogen-bond donors (Lipinski definition) is 6. The second-order valence-electron chi connectivity index (χ2n) is 11.0. The minimum absolute atomic E-state index is 0.00171. The number of phenolic OH excluding ortho intramolecular Hbond substituents is 2. The number of nitrogens with zero attached hydrogens (tertiary/aromatic N) is 2. The van der Waals surface area contributed by atoms with Crippen LogP contribution in [0.4, 0.5) is 0 Å². The van der Waals surface area contributed by atoms with Gasteiger partial charge in [-0.15, -0.1) is 0 Å². The monoisotopic (exact) mass is 622 g/mol. The van der Waals surface area contributed by atoms with Gasteiger partial charge in [0, 0.05) is 13.1 Å². The van der Waals surface area contributed by atoms with Crippen LogP contribution in [0.15, 0.2) is 18.2 Å². The van der Waals surface area contributed by atoms with Gasteiger partial charge in [-0.2, -0.15) is 0 Å². The van der Waals surface area contributed by atoms with Crippen LogP contribution in [-0.4, -0.2) is 92.1 Å². The SMILES string of the molecule is CCCCCCC[C@H](CC(=O)N[C@H]1CCCCN(O)C1=O)OC(=O)[C@H](CCCCN(O)C=O)NC(=O)c1cccc(O)c1O. The summed E-state index contributed by atoms with van der Waals surface area (Å²) in [6.07, 6.45) is 6.33. The van der Waals surface area contributed by atoms with E-state index < -0.39 is 53.4 Å². The zero-order valence-corrected chi connectivity index (χ0v) is 25.3. The van der Waals surface area contributed by atoms with Gasteiger partial charge in [-0.05, 0) is 63.5 Å². The number of aromatic hydroxyl groups is 2. The molecule has 2 rings (SSSR count). The highest BCUT2D eigenvalue weighted by atomic mass is 16.5. The Kier molecular flexibility index (Phi) is 16.0. The van der Waals surface area contributed by atoms with Crippen molar-refractivity contribution < 1.29 is 49.3 Å². The first-order valence-electron chi connectivity index (χ1n) is 15.3. The predicted molar refractivity (Wildman–Crippen MR) is 157 cm³/mol. The Morgan fingerprint density at radius 1 is 1.09 bits per heavy atom. The number of nitrogens with one attached hydrogen (secondary N) is 2. The third-order valence-electron chi connectivity index (χ3n) is 7.43. The molecule has 1 fully saturated rings. The summed E-state index contributed by atoms with van der Waals surface area (Å²) in [5.74, 6) is -3.96. The molecule has 4 amide bonds. The fourth-order valence-corrected chi connectivity index (χ4v) is 4.92. The lowest BCUT2D eigenvalue weighted by Gasteiger charge is -2.24. The molecule has 1 aromatic carbocycles. The molecule has 3 atom stereocenters. The zero-order valence-electron chi connectivity index (χ0n) is 25.3. The van der Waals surface area contributed by atoms with Crippen molar-refractivity contribution in [2.24, 2.45) is 0 Å². The van der Waals surface area contributed by atoms with Gasteiger partial charge in [-0.3, -0.25) is 29.6 Å². The molecule has 6 N–H and O–H groups in total. The number of carbonyl (C=O) groups is 5. The highest BCUT2D eigenvalue weighted by Gasteiger charge is 2.31. The average molecular weight is 623 g/mol. The summed E-state index contributed by atoms with van der Waals surface area (Å²) < 4.78 is 5.75. The van der Waals surface area contributed by atoms with Gasteiger partial charge in [0.15, 0.2) is 11.5 Å². The molecule has 14 heteroatoms. The Labute approximate surface area is 257 Å². The molecule has 44 heavy (non-hydrogen) atoms. The molecular formula is C30H46N4O10. The van der Waals surface area contributed by atoms with Gasteiger partial charge < -0.3 is 25.6 Å². The Hall–Kier alpha value is -3.91. The summed E-state index contributed by atoms with van der Waals surface area (Å²) in [4.78, 5) is 62.4. The largest absolute Gasteiger partial charge is 0.504 e. The number of ether oxygens (including phenoxy) is 1. The molecular weight excluding hydrogens is 576 g/mol. The Bertz CT molecular complexity index is 1100. The van der Waals surface area contributed by atoms with E-state index in [1.54, 1.807) is 0 Å². The first-order valence-corrected chi connectivity index (χ1v) is 15.3. The van der Waals surface area contributed by atoms with Crippen molar-refractivity contribution in [3.05, 3.63) is 23.8 Å². The van der Waals surface area contributed by atoms with E-state index in [-0.39, 0.29) is 37.9 Å². The fourth-order valence-electron chi connectivity index (χ4n) is 4.92. The number of hydrogen-bond acceptors (Lipinski definition) is 10. The van der Waals surface area contributed by atoms with Gasteiger partial charge in [0.25, 0.3) is 11.8 Å².